The van der Waals surface area contributed by atoms with E-state index in [0.717, 1.165) is 5.56 Å². The predicted octanol–water partition coefficient (Wildman–Crippen LogP) is 3.79. The molecular weight excluding hydrogens is 278 g/mol. The topological polar surface area (TPSA) is 82.0 Å². The number of benzene rings is 2. The van der Waals surface area contributed by atoms with Crippen LogP contribution in [0.2, 0.25) is 0 Å². The van der Waals surface area contributed by atoms with E-state index >= 15 is 0 Å². The number of hydrogen-bond acceptors (Lipinski definition) is 4. The fourth-order valence-electron chi connectivity index (χ4n) is 2.41. The lowest BCUT2D eigenvalue weighted by molar-refractivity contribution is -0.382. The van der Waals surface area contributed by atoms with Gasteiger partial charge in [0.15, 0.2) is 0 Å². The largest absolute Gasteiger partial charge is 0.391 e. The van der Waals surface area contributed by atoms with Gasteiger partial charge in [-0.2, -0.15) is 0 Å². The third-order valence-corrected chi connectivity index (χ3v) is 3.49. The molecule has 5 nitrogen and oxygen atoms in total. The Morgan fingerprint density at radius 3 is 2.41 bits per heavy atom. The Hall–Kier alpha value is -3.21. The van der Waals surface area contributed by atoms with Crippen molar-refractivity contribution < 1.29 is 4.92 Å². The Morgan fingerprint density at radius 2 is 1.73 bits per heavy atom. The number of nitro groups is 1. The SMILES string of the molecule is C=C(c1ccccc1)c1nc2ccccc2c([N+](=O)[O-])c1N. The molecule has 0 bridgehead atoms. The summed E-state index contributed by atoms with van der Waals surface area (Å²) in [5.41, 5.74) is 8.19. The summed E-state index contributed by atoms with van der Waals surface area (Å²) in [6.45, 7) is 4.00. The van der Waals surface area contributed by atoms with Crippen LogP contribution in [0.1, 0.15) is 11.3 Å². The van der Waals surface area contributed by atoms with Gasteiger partial charge in [0.05, 0.1) is 15.8 Å². The van der Waals surface area contributed by atoms with Gasteiger partial charge in [-0.1, -0.05) is 49.0 Å². The van der Waals surface area contributed by atoms with E-state index in [2.05, 4.69) is 11.6 Å². The van der Waals surface area contributed by atoms with Crippen molar-refractivity contribution in [2.24, 2.45) is 0 Å². The van der Waals surface area contributed by atoms with Crippen LogP contribution in [0.5, 0.6) is 0 Å². The van der Waals surface area contributed by atoms with Crippen LogP contribution in [0, 0.1) is 10.1 Å². The van der Waals surface area contributed by atoms with Crippen molar-refractivity contribution in [3.05, 3.63) is 82.5 Å². The van der Waals surface area contributed by atoms with Crippen LogP contribution in [0.15, 0.2) is 61.2 Å². The quantitative estimate of drug-likeness (QED) is 0.588. The Kier molecular flexibility index (Phi) is 3.31. The molecular formula is C17H13N3O2. The molecule has 0 radical (unpaired) electrons. The summed E-state index contributed by atoms with van der Waals surface area (Å²) in [6.07, 6.45) is 0. The van der Waals surface area contributed by atoms with Crippen LogP contribution in [-0.4, -0.2) is 9.91 Å². The van der Waals surface area contributed by atoms with Gasteiger partial charge in [0.2, 0.25) is 0 Å². The van der Waals surface area contributed by atoms with Gasteiger partial charge < -0.3 is 5.73 Å². The number of nitrogen functional groups attached to an aromatic ring is 1. The highest BCUT2D eigenvalue weighted by Crippen LogP contribution is 2.36. The molecule has 0 unspecified atom stereocenters. The third kappa shape index (κ3) is 2.18. The van der Waals surface area contributed by atoms with Crippen molar-refractivity contribution in [2.45, 2.75) is 0 Å². The van der Waals surface area contributed by atoms with E-state index in [9.17, 15) is 10.1 Å². The maximum absolute atomic E-state index is 11.4. The molecule has 22 heavy (non-hydrogen) atoms. The van der Waals surface area contributed by atoms with Gasteiger partial charge >= 0.3 is 5.69 Å². The van der Waals surface area contributed by atoms with Gasteiger partial charge in [-0.3, -0.25) is 10.1 Å². The Labute approximate surface area is 126 Å². The molecule has 0 amide bonds. The number of rotatable bonds is 3. The van der Waals surface area contributed by atoms with Gasteiger partial charge in [0, 0.05) is 5.57 Å². The van der Waals surface area contributed by atoms with Crippen molar-refractivity contribution in [3.8, 4) is 0 Å². The first-order chi connectivity index (χ1) is 10.6. The summed E-state index contributed by atoms with van der Waals surface area (Å²) >= 11 is 0. The number of para-hydroxylation sites is 1. The predicted molar refractivity (Wildman–Crippen MR) is 87.4 cm³/mol. The summed E-state index contributed by atoms with van der Waals surface area (Å²) in [5.74, 6) is 0. The van der Waals surface area contributed by atoms with Crippen LogP contribution < -0.4 is 5.73 Å². The zero-order chi connectivity index (χ0) is 15.7. The number of hydrogen-bond donors (Lipinski definition) is 1. The van der Waals surface area contributed by atoms with Crippen LogP contribution in [-0.2, 0) is 0 Å². The lowest BCUT2D eigenvalue weighted by Gasteiger charge is -2.11. The van der Waals surface area contributed by atoms with E-state index in [1.54, 1.807) is 24.3 Å². The number of aromatic nitrogens is 1. The molecule has 2 N–H and O–H groups in total. The van der Waals surface area contributed by atoms with Crippen molar-refractivity contribution in [2.75, 3.05) is 5.73 Å². The standard InChI is InChI=1S/C17H13N3O2/c1-11(12-7-3-2-4-8-12)16-15(18)17(20(21)22)13-9-5-6-10-14(13)19-16/h2-10H,1,18H2. The Morgan fingerprint density at radius 1 is 1.09 bits per heavy atom. The second-order valence-electron chi connectivity index (χ2n) is 4.84. The normalized spacial score (nSPS) is 10.5. The van der Waals surface area contributed by atoms with Crippen molar-refractivity contribution in [1.82, 2.24) is 4.98 Å². The molecule has 3 rings (SSSR count). The van der Waals surface area contributed by atoms with E-state index in [4.69, 9.17) is 5.73 Å². The smallest absolute Gasteiger partial charge is 0.303 e. The molecule has 5 heteroatoms. The lowest BCUT2D eigenvalue weighted by Crippen LogP contribution is -2.04. The van der Waals surface area contributed by atoms with Crippen molar-refractivity contribution in [1.29, 1.82) is 0 Å². The van der Waals surface area contributed by atoms with Gasteiger partial charge in [0.1, 0.15) is 11.4 Å². The van der Waals surface area contributed by atoms with E-state index in [1.807, 2.05) is 30.3 Å². The minimum absolute atomic E-state index is 0.0394. The number of anilines is 1. The highest BCUT2D eigenvalue weighted by Gasteiger charge is 2.23. The van der Waals surface area contributed by atoms with Gasteiger partial charge in [-0.25, -0.2) is 4.98 Å². The first-order valence-electron chi connectivity index (χ1n) is 6.67. The molecule has 0 saturated carbocycles. The Bertz CT molecular complexity index is 889. The van der Waals surface area contributed by atoms with Gasteiger partial charge in [-0.15, -0.1) is 0 Å². The highest BCUT2D eigenvalue weighted by molar-refractivity contribution is 5.98. The maximum Gasteiger partial charge on any atom is 0.303 e. The second-order valence-corrected chi connectivity index (χ2v) is 4.84. The molecule has 3 aromatic rings. The molecule has 108 valence electrons. The minimum Gasteiger partial charge on any atom is -0.391 e. The average molecular weight is 291 g/mol. The second kappa shape index (κ2) is 5.29. The summed E-state index contributed by atoms with van der Waals surface area (Å²) in [5, 5.41) is 11.8. The first kappa shape index (κ1) is 13.8. The first-order valence-corrected chi connectivity index (χ1v) is 6.67. The van der Waals surface area contributed by atoms with Crippen molar-refractivity contribution in [3.63, 3.8) is 0 Å². The average Bonchev–Trinajstić information content (AvgIpc) is 2.54. The zero-order valence-corrected chi connectivity index (χ0v) is 11.7. The van der Waals surface area contributed by atoms with Gasteiger partial charge in [0.25, 0.3) is 0 Å². The number of fused-ring (bicyclic) bond motifs is 1. The highest BCUT2D eigenvalue weighted by atomic mass is 16.6. The molecule has 0 aliphatic carbocycles. The fraction of sp³-hybridized carbons (Fsp3) is 0. The number of nitrogens with zero attached hydrogens (tertiary/aromatic N) is 2. The number of nitrogens with two attached hydrogens (primary N) is 1. The van der Waals surface area contributed by atoms with Crippen LogP contribution in [0.3, 0.4) is 0 Å². The third-order valence-electron chi connectivity index (χ3n) is 3.49. The molecule has 1 heterocycles. The molecule has 0 saturated heterocycles. The Balaban J connectivity index is 2.29. The molecule has 2 aromatic carbocycles. The van der Waals surface area contributed by atoms with Gasteiger partial charge in [-0.05, 0) is 17.7 Å². The van der Waals surface area contributed by atoms with Crippen LogP contribution in [0.25, 0.3) is 16.5 Å². The summed E-state index contributed by atoms with van der Waals surface area (Å²) in [6, 6.07) is 16.2. The molecule has 0 fully saturated rings. The molecule has 1 aromatic heterocycles. The molecule has 0 atom stereocenters. The van der Waals surface area contributed by atoms with Crippen molar-refractivity contribution >= 4 is 27.9 Å². The lowest BCUT2D eigenvalue weighted by atomic mass is 10.0. The summed E-state index contributed by atoms with van der Waals surface area (Å²) < 4.78 is 0. The maximum atomic E-state index is 11.4. The monoisotopic (exact) mass is 291 g/mol. The summed E-state index contributed by atoms with van der Waals surface area (Å²) in [4.78, 5) is 15.4. The molecule has 0 aliphatic rings. The minimum atomic E-state index is -0.471. The van der Waals surface area contributed by atoms with E-state index in [1.165, 1.54) is 0 Å². The van der Waals surface area contributed by atoms with Crippen LogP contribution >= 0.6 is 0 Å². The summed E-state index contributed by atoms with van der Waals surface area (Å²) in [7, 11) is 0. The van der Waals surface area contributed by atoms with Crippen LogP contribution in [0.4, 0.5) is 11.4 Å². The van der Waals surface area contributed by atoms with E-state index in [-0.39, 0.29) is 11.4 Å². The van der Waals surface area contributed by atoms with E-state index < -0.39 is 4.92 Å². The zero-order valence-electron chi connectivity index (χ0n) is 11.7. The van der Waals surface area contributed by atoms with E-state index in [0.29, 0.717) is 22.2 Å². The fourth-order valence-corrected chi connectivity index (χ4v) is 2.41. The molecule has 0 spiro atoms. The molecule has 0 aliphatic heterocycles. The number of pyridine rings is 1.